The van der Waals surface area contributed by atoms with Gasteiger partial charge in [-0.1, -0.05) is 54.6 Å². The molecule has 0 atom stereocenters. The van der Waals surface area contributed by atoms with Gasteiger partial charge in [0.05, 0.1) is 12.5 Å². The lowest BCUT2D eigenvalue weighted by molar-refractivity contribution is -0.134. The number of rotatable bonds is 5. The Bertz CT molecular complexity index is 860. The van der Waals surface area contributed by atoms with Crippen LogP contribution in [0.1, 0.15) is 5.56 Å². The van der Waals surface area contributed by atoms with Gasteiger partial charge in [-0.05, 0) is 22.8 Å². The van der Waals surface area contributed by atoms with Crippen LogP contribution in [0.2, 0.25) is 0 Å². The van der Waals surface area contributed by atoms with Crippen LogP contribution in [0.3, 0.4) is 0 Å². The van der Waals surface area contributed by atoms with Gasteiger partial charge in [0, 0.05) is 25.5 Å². The molecule has 26 heavy (non-hydrogen) atoms. The van der Waals surface area contributed by atoms with Crippen molar-refractivity contribution in [3.05, 3.63) is 78.6 Å². The Labute approximate surface area is 152 Å². The van der Waals surface area contributed by atoms with Gasteiger partial charge < -0.3 is 10.2 Å². The van der Waals surface area contributed by atoms with Crippen LogP contribution in [0.5, 0.6) is 0 Å². The average molecular weight is 344 g/mol. The minimum Gasteiger partial charge on any atom is -0.348 e. The first kappa shape index (κ1) is 16.3. The van der Waals surface area contributed by atoms with E-state index < -0.39 is 0 Å². The fourth-order valence-electron chi connectivity index (χ4n) is 3.06. The van der Waals surface area contributed by atoms with E-state index in [0.717, 1.165) is 11.1 Å². The molecule has 5 heteroatoms. The number of aromatic nitrogens is 2. The highest BCUT2D eigenvalue weighted by Crippen LogP contribution is 2.20. The highest BCUT2D eigenvalue weighted by molar-refractivity contribution is 5.80. The smallest absolute Gasteiger partial charge is 0.227 e. The molecule has 1 aliphatic heterocycles. The predicted molar refractivity (Wildman–Crippen MR) is 102 cm³/mol. The van der Waals surface area contributed by atoms with Crippen molar-refractivity contribution in [2.75, 3.05) is 18.4 Å². The van der Waals surface area contributed by atoms with E-state index >= 15 is 0 Å². The van der Waals surface area contributed by atoms with E-state index in [9.17, 15) is 4.79 Å². The molecule has 130 valence electrons. The van der Waals surface area contributed by atoms with Crippen LogP contribution < -0.4 is 5.32 Å². The largest absolute Gasteiger partial charge is 0.348 e. The lowest BCUT2D eigenvalue weighted by atomic mass is 10.0. The number of carbonyl (C=O) groups is 1. The van der Waals surface area contributed by atoms with Crippen molar-refractivity contribution >= 4 is 11.9 Å². The van der Waals surface area contributed by atoms with Crippen LogP contribution in [0.25, 0.3) is 11.1 Å². The van der Waals surface area contributed by atoms with Gasteiger partial charge in [-0.2, -0.15) is 0 Å². The molecule has 0 radical (unpaired) electrons. The summed E-state index contributed by atoms with van der Waals surface area (Å²) in [5.41, 5.74) is 3.39. The maximum Gasteiger partial charge on any atom is 0.227 e. The van der Waals surface area contributed by atoms with Gasteiger partial charge in [-0.15, -0.1) is 0 Å². The normalized spacial score (nSPS) is 13.9. The topological polar surface area (TPSA) is 58.1 Å². The quantitative estimate of drug-likeness (QED) is 0.773. The van der Waals surface area contributed by atoms with Crippen LogP contribution >= 0.6 is 0 Å². The van der Waals surface area contributed by atoms with Crippen molar-refractivity contribution < 1.29 is 4.79 Å². The third-order valence-electron chi connectivity index (χ3n) is 4.55. The van der Waals surface area contributed by atoms with Crippen molar-refractivity contribution in [3.8, 4) is 11.1 Å². The first-order valence-corrected chi connectivity index (χ1v) is 8.73. The lowest BCUT2D eigenvalue weighted by Crippen LogP contribution is -2.57. The second kappa shape index (κ2) is 7.35. The van der Waals surface area contributed by atoms with E-state index in [-0.39, 0.29) is 11.9 Å². The summed E-state index contributed by atoms with van der Waals surface area (Å²) in [4.78, 5) is 22.6. The Balaban J connectivity index is 1.29. The molecule has 1 saturated heterocycles. The summed E-state index contributed by atoms with van der Waals surface area (Å²) in [5.74, 6) is 0.769. The summed E-state index contributed by atoms with van der Waals surface area (Å²) in [7, 11) is 0. The van der Waals surface area contributed by atoms with Crippen molar-refractivity contribution in [1.29, 1.82) is 0 Å². The number of hydrogen-bond acceptors (Lipinski definition) is 4. The molecule has 1 aromatic heterocycles. The molecule has 3 aromatic rings. The summed E-state index contributed by atoms with van der Waals surface area (Å²) < 4.78 is 0. The summed E-state index contributed by atoms with van der Waals surface area (Å²) in [6.07, 6.45) is 3.84. The number of amides is 1. The molecule has 1 aliphatic rings. The molecule has 0 saturated carbocycles. The first-order valence-electron chi connectivity index (χ1n) is 8.73. The van der Waals surface area contributed by atoms with Crippen LogP contribution in [-0.4, -0.2) is 39.9 Å². The number of anilines is 1. The summed E-state index contributed by atoms with van der Waals surface area (Å²) in [5, 5.41) is 3.24. The van der Waals surface area contributed by atoms with Gasteiger partial charge in [-0.25, -0.2) is 9.97 Å². The number of nitrogens with one attached hydrogen (secondary N) is 1. The maximum atomic E-state index is 12.4. The molecule has 2 heterocycles. The Kier molecular flexibility index (Phi) is 4.60. The fraction of sp³-hybridized carbons (Fsp3) is 0.190. The molecule has 1 fully saturated rings. The number of likely N-dealkylation sites (tertiary alicyclic amines) is 1. The monoisotopic (exact) mass is 344 g/mol. The van der Waals surface area contributed by atoms with Gasteiger partial charge in [0.2, 0.25) is 11.9 Å². The zero-order chi connectivity index (χ0) is 17.8. The van der Waals surface area contributed by atoms with Gasteiger partial charge in [0.1, 0.15) is 0 Å². The third-order valence-corrected chi connectivity index (χ3v) is 4.55. The first-order chi connectivity index (χ1) is 12.8. The minimum absolute atomic E-state index is 0.157. The van der Waals surface area contributed by atoms with Gasteiger partial charge in [0.25, 0.3) is 0 Å². The van der Waals surface area contributed by atoms with E-state index in [1.807, 2.05) is 35.2 Å². The van der Waals surface area contributed by atoms with Crippen molar-refractivity contribution in [3.63, 3.8) is 0 Å². The molecule has 0 aliphatic carbocycles. The summed E-state index contributed by atoms with van der Waals surface area (Å²) in [6.45, 7) is 1.39. The lowest BCUT2D eigenvalue weighted by Gasteiger charge is -2.39. The number of benzene rings is 2. The van der Waals surface area contributed by atoms with Crippen LogP contribution in [-0.2, 0) is 11.2 Å². The second-order valence-corrected chi connectivity index (χ2v) is 6.45. The molecular formula is C21H20N4O. The molecule has 0 spiro atoms. The second-order valence-electron chi connectivity index (χ2n) is 6.45. The van der Waals surface area contributed by atoms with Gasteiger partial charge >= 0.3 is 0 Å². The van der Waals surface area contributed by atoms with Crippen LogP contribution in [0, 0.1) is 0 Å². The van der Waals surface area contributed by atoms with Crippen molar-refractivity contribution in [2.24, 2.45) is 0 Å². The average Bonchev–Trinajstić information content (AvgIpc) is 2.66. The number of nitrogens with zero attached hydrogens (tertiary/aromatic N) is 3. The molecular weight excluding hydrogens is 324 g/mol. The van der Waals surface area contributed by atoms with E-state index in [2.05, 4.69) is 39.6 Å². The predicted octanol–water partition coefficient (Wildman–Crippen LogP) is 3.01. The highest BCUT2D eigenvalue weighted by atomic mass is 16.2. The van der Waals surface area contributed by atoms with Crippen molar-refractivity contribution in [1.82, 2.24) is 14.9 Å². The van der Waals surface area contributed by atoms with E-state index in [1.165, 1.54) is 5.56 Å². The van der Waals surface area contributed by atoms with Gasteiger partial charge in [0.15, 0.2) is 0 Å². The SMILES string of the molecule is O=C(Cc1ccc(-c2ccccc2)cc1)N1CC(Nc2ncccn2)C1. The number of hydrogen-bond donors (Lipinski definition) is 1. The Morgan fingerprint density at radius 3 is 2.27 bits per heavy atom. The zero-order valence-corrected chi connectivity index (χ0v) is 14.4. The fourth-order valence-corrected chi connectivity index (χ4v) is 3.06. The number of carbonyl (C=O) groups excluding carboxylic acids is 1. The molecule has 1 amide bonds. The summed E-state index contributed by atoms with van der Waals surface area (Å²) in [6, 6.07) is 20.5. The Morgan fingerprint density at radius 2 is 1.58 bits per heavy atom. The van der Waals surface area contributed by atoms with E-state index in [4.69, 9.17) is 0 Å². The van der Waals surface area contributed by atoms with Gasteiger partial charge in [-0.3, -0.25) is 4.79 Å². The van der Waals surface area contributed by atoms with Crippen molar-refractivity contribution in [2.45, 2.75) is 12.5 Å². The standard InChI is InChI=1S/C21H20N4O/c26-20(25-14-19(15-25)24-21-22-11-4-12-23-21)13-16-7-9-18(10-8-16)17-5-2-1-3-6-17/h1-12,19H,13-15H2,(H,22,23,24). The third kappa shape index (κ3) is 3.72. The molecule has 4 rings (SSSR count). The van der Waals surface area contributed by atoms with E-state index in [1.54, 1.807) is 18.5 Å². The molecule has 0 unspecified atom stereocenters. The highest BCUT2D eigenvalue weighted by Gasteiger charge is 2.30. The molecule has 2 aromatic carbocycles. The van der Waals surface area contributed by atoms with Crippen LogP contribution in [0.4, 0.5) is 5.95 Å². The van der Waals surface area contributed by atoms with E-state index in [0.29, 0.717) is 25.5 Å². The summed E-state index contributed by atoms with van der Waals surface area (Å²) >= 11 is 0. The molecule has 1 N–H and O–H groups in total. The zero-order valence-electron chi connectivity index (χ0n) is 14.4. The maximum absolute atomic E-state index is 12.4. The Hall–Kier alpha value is -3.21. The molecule has 5 nitrogen and oxygen atoms in total. The Morgan fingerprint density at radius 1 is 0.923 bits per heavy atom. The molecule has 0 bridgehead atoms. The minimum atomic E-state index is 0.157. The van der Waals surface area contributed by atoms with Crippen LogP contribution in [0.15, 0.2) is 73.1 Å².